The van der Waals surface area contributed by atoms with Crippen molar-refractivity contribution in [1.82, 2.24) is 9.88 Å². The summed E-state index contributed by atoms with van der Waals surface area (Å²) in [7, 11) is 0. The number of Topliss-reactive ketones (excluding diaryl/α,β-unsaturated/α-hetero) is 1. The number of amides is 1. The molecule has 1 unspecified atom stereocenters. The van der Waals surface area contributed by atoms with Gasteiger partial charge in [0.25, 0.3) is 11.7 Å². The van der Waals surface area contributed by atoms with Crippen molar-refractivity contribution in [2.45, 2.75) is 12.6 Å². The SMILES string of the molecule is O=C1C(=O)N(Cc2ccccc2)C(c2ccncc2)/C1=C(\O)c1ccc2c(c1)OCCO2. The highest BCUT2D eigenvalue weighted by Gasteiger charge is 2.46. The first-order valence-corrected chi connectivity index (χ1v) is 10.3. The summed E-state index contributed by atoms with van der Waals surface area (Å²) in [6.07, 6.45) is 3.20. The quantitative estimate of drug-likeness (QED) is 0.389. The molecule has 1 atom stereocenters. The minimum atomic E-state index is -0.744. The summed E-state index contributed by atoms with van der Waals surface area (Å²) in [6, 6.07) is 17.1. The molecule has 5 rings (SSSR count). The number of hydrogen-bond donors (Lipinski definition) is 1. The fraction of sp³-hybridized carbons (Fsp3) is 0.160. The molecule has 0 spiro atoms. The molecule has 0 aliphatic carbocycles. The van der Waals surface area contributed by atoms with Crippen LogP contribution in [0, 0.1) is 0 Å². The summed E-state index contributed by atoms with van der Waals surface area (Å²) in [6.45, 7) is 1.08. The monoisotopic (exact) mass is 428 g/mol. The Labute approximate surface area is 184 Å². The van der Waals surface area contributed by atoms with Crippen molar-refractivity contribution >= 4 is 17.4 Å². The van der Waals surface area contributed by atoms with Crippen molar-refractivity contribution in [2.75, 3.05) is 13.2 Å². The number of fused-ring (bicyclic) bond motifs is 1. The fourth-order valence-electron chi connectivity index (χ4n) is 4.06. The van der Waals surface area contributed by atoms with E-state index in [2.05, 4.69) is 4.98 Å². The number of hydrogen-bond acceptors (Lipinski definition) is 6. The van der Waals surface area contributed by atoms with E-state index in [1.807, 2.05) is 30.3 Å². The Morgan fingerprint density at radius 2 is 1.69 bits per heavy atom. The van der Waals surface area contributed by atoms with Gasteiger partial charge in [-0.05, 0) is 41.5 Å². The molecular formula is C25H20N2O5. The van der Waals surface area contributed by atoms with Crippen LogP contribution in [0.4, 0.5) is 0 Å². The Hall–Kier alpha value is -4.13. The lowest BCUT2D eigenvalue weighted by molar-refractivity contribution is -0.140. The number of pyridine rings is 1. The molecular weight excluding hydrogens is 408 g/mol. The van der Waals surface area contributed by atoms with Crippen molar-refractivity contribution in [3.63, 3.8) is 0 Å². The summed E-state index contributed by atoms with van der Waals surface area (Å²) in [4.78, 5) is 31.7. The number of likely N-dealkylation sites (tertiary alicyclic amines) is 1. The zero-order valence-corrected chi connectivity index (χ0v) is 17.1. The maximum absolute atomic E-state index is 13.1. The Morgan fingerprint density at radius 3 is 2.44 bits per heavy atom. The van der Waals surface area contributed by atoms with Crippen LogP contribution in [0.5, 0.6) is 11.5 Å². The summed E-state index contributed by atoms with van der Waals surface area (Å²) in [5.41, 5.74) is 1.99. The van der Waals surface area contributed by atoms with Crippen molar-refractivity contribution in [1.29, 1.82) is 0 Å². The van der Waals surface area contributed by atoms with E-state index in [1.54, 1.807) is 42.7 Å². The number of carbonyl (C=O) groups excluding carboxylic acids is 2. The first-order valence-electron chi connectivity index (χ1n) is 10.3. The van der Waals surface area contributed by atoms with Crippen LogP contribution in [-0.2, 0) is 16.1 Å². The number of aliphatic hydroxyl groups excluding tert-OH is 1. The summed E-state index contributed by atoms with van der Waals surface area (Å²) >= 11 is 0. The van der Waals surface area contributed by atoms with Gasteiger partial charge in [0, 0.05) is 24.5 Å². The molecule has 2 aliphatic heterocycles. The van der Waals surface area contributed by atoms with Gasteiger partial charge in [-0.1, -0.05) is 30.3 Å². The Balaban J connectivity index is 1.62. The van der Waals surface area contributed by atoms with Crippen LogP contribution in [0.1, 0.15) is 22.7 Å². The predicted molar refractivity (Wildman–Crippen MR) is 116 cm³/mol. The third kappa shape index (κ3) is 3.47. The van der Waals surface area contributed by atoms with Crippen LogP contribution in [0.25, 0.3) is 5.76 Å². The minimum Gasteiger partial charge on any atom is -0.507 e. The van der Waals surface area contributed by atoms with E-state index >= 15 is 0 Å². The third-order valence-electron chi connectivity index (χ3n) is 5.57. The number of ketones is 1. The number of aliphatic hydroxyl groups is 1. The second-order valence-electron chi connectivity index (χ2n) is 7.55. The number of benzene rings is 2. The summed E-state index contributed by atoms with van der Waals surface area (Å²) in [5, 5.41) is 11.2. The maximum Gasteiger partial charge on any atom is 0.295 e. The largest absolute Gasteiger partial charge is 0.507 e. The normalized spacial score (nSPS) is 19.2. The molecule has 160 valence electrons. The van der Waals surface area contributed by atoms with E-state index in [4.69, 9.17) is 9.47 Å². The van der Waals surface area contributed by atoms with E-state index in [1.165, 1.54) is 4.90 Å². The molecule has 0 radical (unpaired) electrons. The van der Waals surface area contributed by atoms with Crippen LogP contribution in [0.3, 0.4) is 0 Å². The molecule has 7 nitrogen and oxygen atoms in total. The van der Waals surface area contributed by atoms with Gasteiger partial charge in [-0.15, -0.1) is 0 Å². The van der Waals surface area contributed by atoms with E-state index in [-0.39, 0.29) is 17.9 Å². The van der Waals surface area contributed by atoms with Crippen LogP contribution in [-0.4, -0.2) is 39.9 Å². The van der Waals surface area contributed by atoms with Gasteiger partial charge in [-0.2, -0.15) is 0 Å². The molecule has 3 aromatic rings. The molecule has 1 fully saturated rings. The van der Waals surface area contributed by atoms with Gasteiger partial charge in [0.2, 0.25) is 0 Å². The summed E-state index contributed by atoms with van der Waals surface area (Å²) < 4.78 is 11.1. The molecule has 1 saturated heterocycles. The molecule has 3 heterocycles. The first-order chi connectivity index (χ1) is 15.6. The van der Waals surface area contributed by atoms with Gasteiger partial charge < -0.3 is 19.5 Å². The van der Waals surface area contributed by atoms with Crippen molar-refractivity contribution in [3.8, 4) is 11.5 Å². The van der Waals surface area contributed by atoms with Crippen LogP contribution >= 0.6 is 0 Å². The first kappa shape index (κ1) is 19.8. The van der Waals surface area contributed by atoms with Gasteiger partial charge in [-0.3, -0.25) is 14.6 Å². The topological polar surface area (TPSA) is 89.0 Å². The highest BCUT2D eigenvalue weighted by Crippen LogP contribution is 2.41. The number of rotatable bonds is 4. The maximum atomic E-state index is 13.1. The van der Waals surface area contributed by atoms with Gasteiger partial charge in [0.05, 0.1) is 11.6 Å². The van der Waals surface area contributed by atoms with Crippen LogP contribution in [0.2, 0.25) is 0 Å². The van der Waals surface area contributed by atoms with Gasteiger partial charge in [-0.25, -0.2) is 0 Å². The number of aromatic nitrogens is 1. The molecule has 7 heteroatoms. The molecule has 2 aromatic carbocycles. The standard InChI is InChI=1S/C25H20N2O5/c28-23(18-6-7-19-20(14-18)32-13-12-31-19)21-22(17-8-10-26-11-9-17)27(25(30)24(21)29)15-16-4-2-1-3-5-16/h1-11,14,22,28H,12-13,15H2/b23-21+. The zero-order chi connectivity index (χ0) is 22.1. The van der Waals surface area contributed by atoms with Crippen molar-refractivity contribution < 1.29 is 24.2 Å². The molecule has 1 aromatic heterocycles. The highest BCUT2D eigenvalue weighted by atomic mass is 16.6. The second-order valence-corrected chi connectivity index (χ2v) is 7.55. The molecule has 1 N–H and O–H groups in total. The summed E-state index contributed by atoms with van der Waals surface area (Å²) in [5.74, 6) is -0.579. The number of nitrogens with zero attached hydrogens (tertiary/aromatic N) is 2. The lowest BCUT2D eigenvalue weighted by atomic mass is 9.95. The van der Waals surface area contributed by atoms with Crippen molar-refractivity contribution in [3.05, 3.63) is 95.3 Å². The lowest BCUT2D eigenvalue weighted by Gasteiger charge is -2.25. The Kier molecular flexibility index (Phi) is 5.07. The molecule has 1 amide bonds. The minimum absolute atomic E-state index is 0.0359. The van der Waals surface area contributed by atoms with Crippen LogP contribution < -0.4 is 9.47 Å². The predicted octanol–water partition coefficient (Wildman–Crippen LogP) is 3.47. The molecule has 0 saturated carbocycles. The van der Waals surface area contributed by atoms with E-state index < -0.39 is 17.7 Å². The lowest BCUT2D eigenvalue weighted by Crippen LogP contribution is -2.29. The average molecular weight is 428 g/mol. The number of carbonyl (C=O) groups is 2. The molecule has 32 heavy (non-hydrogen) atoms. The zero-order valence-electron chi connectivity index (χ0n) is 17.1. The smallest absolute Gasteiger partial charge is 0.295 e. The van der Waals surface area contributed by atoms with Gasteiger partial charge >= 0.3 is 0 Å². The van der Waals surface area contributed by atoms with E-state index in [0.717, 1.165) is 5.56 Å². The van der Waals surface area contributed by atoms with Gasteiger partial charge in [0.15, 0.2) is 11.5 Å². The van der Waals surface area contributed by atoms with Crippen molar-refractivity contribution in [2.24, 2.45) is 0 Å². The Morgan fingerprint density at radius 1 is 0.969 bits per heavy atom. The van der Waals surface area contributed by atoms with E-state index in [0.29, 0.717) is 35.8 Å². The van der Waals surface area contributed by atoms with Gasteiger partial charge in [0.1, 0.15) is 19.0 Å². The molecule has 2 aliphatic rings. The average Bonchev–Trinajstić information content (AvgIpc) is 3.09. The van der Waals surface area contributed by atoms with Crippen LogP contribution in [0.15, 0.2) is 78.6 Å². The number of ether oxygens (including phenoxy) is 2. The third-order valence-corrected chi connectivity index (χ3v) is 5.57. The second kappa shape index (κ2) is 8.19. The fourth-order valence-corrected chi connectivity index (χ4v) is 4.06. The highest BCUT2D eigenvalue weighted by molar-refractivity contribution is 6.46. The Bertz CT molecular complexity index is 1210. The van der Waals surface area contributed by atoms with E-state index in [9.17, 15) is 14.7 Å². The molecule has 0 bridgehead atoms.